The molecule has 1 saturated heterocycles. The molecule has 0 spiro atoms. The Labute approximate surface area is 133 Å². The lowest BCUT2D eigenvalue weighted by Gasteiger charge is -2.39. The molecule has 3 nitrogen and oxygen atoms in total. The lowest BCUT2D eigenvalue weighted by Crippen LogP contribution is -2.46. The van der Waals surface area contributed by atoms with Gasteiger partial charge in [-0.2, -0.15) is 0 Å². The van der Waals surface area contributed by atoms with Crippen LogP contribution in [0.1, 0.15) is 18.4 Å². The number of likely N-dealkylation sites (N-methyl/N-ethyl adjacent to an activating group) is 1. The highest BCUT2D eigenvalue weighted by molar-refractivity contribution is 5.46. The van der Waals surface area contributed by atoms with Gasteiger partial charge in [0.05, 0.1) is 0 Å². The monoisotopic (exact) mass is 295 g/mol. The Balaban J connectivity index is 1.64. The third-order valence-electron chi connectivity index (χ3n) is 4.52. The molecule has 116 valence electrons. The molecule has 0 amide bonds. The number of piperidine rings is 1. The summed E-state index contributed by atoms with van der Waals surface area (Å²) in [6.07, 6.45) is 2.52. The van der Waals surface area contributed by atoms with Crippen molar-refractivity contribution in [1.29, 1.82) is 0 Å². The van der Waals surface area contributed by atoms with E-state index in [9.17, 15) is 0 Å². The molecule has 2 N–H and O–H groups in total. The second kappa shape index (κ2) is 6.84. The maximum absolute atomic E-state index is 5.88. The Morgan fingerprint density at radius 1 is 1.14 bits per heavy atom. The van der Waals surface area contributed by atoms with Crippen LogP contribution in [0, 0.1) is 0 Å². The number of rotatable bonds is 4. The fraction of sp³-hybridized carbons (Fsp3) is 0.368. The van der Waals surface area contributed by atoms with Crippen LogP contribution in [0.15, 0.2) is 54.6 Å². The van der Waals surface area contributed by atoms with E-state index in [1.807, 2.05) is 12.1 Å². The summed E-state index contributed by atoms with van der Waals surface area (Å²) in [5.41, 5.74) is 9.36. The van der Waals surface area contributed by atoms with E-state index in [-0.39, 0.29) is 0 Å². The Morgan fingerprint density at radius 2 is 1.95 bits per heavy atom. The van der Waals surface area contributed by atoms with Crippen LogP contribution < -0.4 is 10.6 Å². The van der Waals surface area contributed by atoms with Crippen LogP contribution >= 0.6 is 0 Å². The van der Waals surface area contributed by atoms with E-state index in [1.165, 1.54) is 24.1 Å². The van der Waals surface area contributed by atoms with Crippen LogP contribution in [0.25, 0.3) is 0 Å². The van der Waals surface area contributed by atoms with Crippen LogP contribution in [0.3, 0.4) is 0 Å². The molecule has 2 aromatic rings. The molecule has 3 rings (SSSR count). The van der Waals surface area contributed by atoms with Crippen molar-refractivity contribution in [3.05, 3.63) is 60.2 Å². The van der Waals surface area contributed by atoms with Crippen molar-refractivity contribution in [3.63, 3.8) is 0 Å². The zero-order chi connectivity index (χ0) is 15.4. The number of hydrogen-bond donors (Lipinski definition) is 1. The summed E-state index contributed by atoms with van der Waals surface area (Å²) in [5, 5.41) is 0. The number of nitrogens with zero attached hydrogens (tertiary/aromatic N) is 2. The van der Waals surface area contributed by atoms with E-state index in [2.05, 4.69) is 59.3 Å². The molecule has 1 aliphatic heterocycles. The largest absolute Gasteiger partial charge is 0.399 e. The highest BCUT2D eigenvalue weighted by Gasteiger charge is 2.23. The molecule has 1 unspecified atom stereocenters. The molecule has 1 fully saturated rings. The number of benzene rings is 2. The zero-order valence-electron chi connectivity index (χ0n) is 13.3. The standard InChI is InChI=1S/C19H25N3/c1-21(14-16-7-5-8-17(20)13-16)19-11-6-12-22(15-19)18-9-3-2-4-10-18/h2-5,7-10,13,19H,6,11-12,14-15,20H2,1H3. The third-order valence-corrected chi connectivity index (χ3v) is 4.52. The van der Waals surface area contributed by atoms with E-state index < -0.39 is 0 Å². The van der Waals surface area contributed by atoms with Gasteiger partial charge in [-0.3, -0.25) is 4.90 Å². The molecule has 2 aromatic carbocycles. The van der Waals surface area contributed by atoms with Gasteiger partial charge in [0.15, 0.2) is 0 Å². The number of anilines is 2. The maximum Gasteiger partial charge on any atom is 0.0366 e. The summed E-state index contributed by atoms with van der Waals surface area (Å²) in [7, 11) is 2.22. The molecule has 22 heavy (non-hydrogen) atoms. The Morgan fingerprint density at radius 3 is 2.73 bits per heavy atom. The van der Waals surface area contributed by atoms with Crippen LogP contribution in [0.5, 0.6) is 0 Å². The number of hydrogen-bond acceptors (Lipinski definition) is 3. The minimum absolute atomic E-state index is 0.593. The lowest BCUT2D eigenvalue weighted by molar-refractivity contribution is 0.208. The van der Waals surface area contributed by atoms with Gasteiger partial charge >= 0.3 is 0 Å². The molecule has 0 saturated carbocycles. The Hall–Kier alpha value is -2.00. The molecular weight excluding hydrogens is 270 g/mol. The van der Waals surface area contributed by atoms with E-state index in [0.717, 1.165) is 25.3 Å². The van der Waals surface area contributed by atoms with Crippen LogP contribution in [-0.2, 0) is 6.54 Å². The van der Waals surface area contributed by atoms with E-state index in [4.69, 9.17) is 5.73 Å². The quantitative estimate of drug-likeness (QED) is 0.878. The second-order valence-corrected chi connectivity index (χ2v) is 6.24. The summed E-state index contributed by atoms with van der Waals surface area (Å²) in [4.78, 5) is 4.97. The molecule has 1 aliphatic rings. The molecule has 0 bridgehead atoms. The average Bonchev–Trinajstić information content (AvgIpc) is 2.56. The molecule has 0 aliphatic carbocycles. The first kappa shape index (κ1) is 14.9. The van der Waals surface area contributed by atoms with Gasteiger partial charge in [0.25, 0.3) is 0 Å². The normalized spacial score (nSPS) is 18.6. The number of nitrogen functional groups attached to an aromatic ring is 1. The summed E-state index contributed by atoms with van der Waals surface area (Å²) >= 11 is 0. The minimum atomic E-state index is 0.593. The van der Waals surface area contributed by atoms with Crippen molar-refractivity contribution >= 4 is 11.4 Å². The number of para-hydroxylation sites is 1. The third kappa shape index (κ3) is 3.60. The van der Waals surface area contributed by atoms with Gasteiger partial charge in [-0.25, -0.2) is 0 Å². The molecular formula is C19H25N3. The van der Waals surface area contributed by atoms with Crippen molar-refractivity contribution in [3.8, 4) is 0 Å². The van der Waals surface area contributed by atoms with Crippen LogP contribution in [0.2, 0.25) is 0 Å². The SMILES string of the molecule is CN(Cc1cccc(N)c1)C1CCCN(c2ccccc2)C1. The second-order valence-electron chi connectivity index (χ2n) is 6.24. The van der Waals surface area contributed by atoms with Gasteiger partial charge in [0, 0.05) is 37.1 Å². The van der Waals surface area contributed by atoms with Gasteiger partial charge in [-0.1, -0.05) is 30.3 Å². The average molecular weight is 295 g/mol. The first-order valence-corrected chi connectivity index (χ1v) is 8.07. The topological polar surface area (TPSA) is 32.5 Å². The Kier molecular flexibility index (Phi) is 4.64. The Bertz CT molecular complexity index is 597. The van der Waals surface area contributed by atoms with Gasteiger partial charge in [0.2, 0.25) is 0 Å². The first-order valence-electron chi connectivity index (χ1n) is 8.07. The fourth-order valence-corrected chi connectivity index (χ4v) is 3.30. The summed E-state index contributed by atoms with van der Waals surface area (Å²) in [5.74, 6) is 0. The summed E-state index contributed by atoms with van der Waals surface area (Å²) in [6.45, 7) is 3.22. The maximum atomic E-state index is 5.88. The predicted molar refractivity (Wildman–Crippen MR) is 94.0 cm³/mol. The van der Waals surface area contributed by atoms with E-state index >= 15 is 0 Å². The summed E-state index contributed by atoms with van der Waals surface area (Å²) < 4.78 is 0. The molecule has 0 radical (unpaired) electrons. The molecule has 1 heterocycles. The highest BCUT2D eigenvalue weighted by atomic mass is 15.2. The van der Waals surface area contributed by atoms with Gasteiger partial charge in [-0.05, 0) is 49.7 Å². The minimum Gasteiger partial charge on any atom is -0.399 e. The van der Waals surface area contributed by atoms with Crippen molar-refractivity contribution < 1.29 is 0 Å². The van der Waals surface area contributed by atoms with Gasteiger partial charge in [-0.15, -0.1) is 0 Å². The van der Waals surface area contributed by atoms with Gasteiger partial charge in [0.1, 0.15) is 0 Å². The molecule has 3 heteroatoms. The highest BCUT2D eigenvalue weighted by Crippen LogP contribution is 2.22. The predicted octanol–water partition coefficient (Wildman–Crippen LogP) is 3.37. The van der Waals surface area contributed by atoms with Crippen LogP contribution in [0.4, 0.5) is 11.4 Å². The van der Waals surface area contributed by atoms with E-state index in [1.54, 1.807) is 0 Å². The lowest BCUT2D eigenvalue weighted by atomic mass is 10.0. The van der Waals surface area contributed by atoms with Crippen molar-refractivity contribution in [2.45, 2.75) is 25.4 Å². The van der Waals surface area contributed by atoms with Crippen molar-refractivity contribution in [2.75, 3.05) is 30.8 Å². The first-order chi connectivity index (χ1) is 10.7. The molecule has 1 atom stereocenters. The van der Waals surface area contributed by atoms with E-state index in [0.29, 0.717) is 6.04 Å². The van der Waals surface area contributed by atoms with Crippen molar-refractivity contribution in [2.24, 2.45) is 0 Å². The molecule has 0 aromatic heterocycles. The van der Waals surface area contributed by atoms with Crippen molar-refractivity contribution in [1.82, 2.24) is 4.90 Å². The van der Waals surface area contributed by atoms with Crippen LogP contribution in [-0.4, -0.2) is 31.1 Å². The zero-order valence-corrected chi connectivity index (χ0v) is 13.3. The fourth-order valence-electron chi connectivity index (χ4n) is 3.30. The number of nitrogens with two attached hydrogens (primary N) is 1. The smallest absolute Gasteiger partial charge is 0.0366 e. The van der Waals surface area contributed by atoms with Gasteiger partial charge < -0.3 is 10.6 Å². The summed E-state index contributed by atoms with van der Waals surface area (Å²) in [6, 6.07) is 19.5.